The third-order valence-corrected chi connectivity index (χ3v) is 4.00. The summed E-state index contributed by atoms with van der Waals surface area (Å²) in [7, 11) is 0. The zero-order valence-electron chi connectivity index (χ0n) is 11.8. The van der Waals surface area contributed by atoms with Crippen molar-refractivity contribution in [3.8, 4) is 0 Å². The molecule has 0 spiro atoms. The summed E-state index contributed by atoms with van der Waals surface area (Å²) in [4.78, 5) is 24.0. The van der Waals surface area contributed by atoms with Gasteiger partial charge >= 0.3 is 12.1 Å². The fraction of sp³-hybridized carbons (Fsp3) is 0.846. The Kier molecular flexibility index (Phi) is 5.97. The Bertz CT molecular complexity index is 319. The van der Waals surface area contributed by atoms with E-state index in [1.54, 1.807) is 4.90 Å². The molecule has 1 heterocycles. The predicted molar refractivity (Wildman–Crippen MR) is 75.5 cm³/mol. The summed E-state index contributed by atoms with van der Waals surface area (Å²) in [6, 6.07) is 0. The summed E-state index contributed by atoms with van der Waals surface area (Å²) in [5, 5.41) is 8.58. The second-order valence-corrected chi connectivity index (χ2v) is 6.85. The van der Waals surface area contributed by atoms with Crippen molar-refractivity contribution in [1.82, 2.24) is 4.90 Å². The normalized spacial score (nSPS) is 17.3. The van der Waals surface area contributed by atoms with Crippen molar-refractivity contribution in [3.63, 3.8) is 0 Å². The van der Waals surface area contributed by atoms with Crippen LogP contribution in [0.3, 0.4) is 0 Å². The quantitative estimate of drug-likeness (QED) is 0.861. The number of nitrogens with zero attached hydrogens (tertiary/aromatic N) is 1. The maximum absolute atomic E-state index is 11.8. The van der Waals surface area contributed by atoms with Crippen LogP contribution in [-0.2, 0) is 9.53 Å². The van der Waals surface area contributed by atoms with Gasteiger partial charge in [-0.1, -0.05) is 0 Å². The van der Waals surface area contributed by atoms with E-state index >= 15 is 0 Å². The molecule has 0 atom stereocenters. The van der Waals surface area contributed by atoms with Crippen molar-refractivity contribution in [1.29, 1.82) is 0 Å². The zero-order valence-corrected chi connectivity index (χ0v) is 12.7. The minimum absolute atomic E-state index is 0.159. The van der Waals surface area contributed by atoms with Crippen LogP contribution < -0.4 is 0 Å². The van der Waals surface area contributed by atoms with Crippen molar-refractivity contribution in [2.45, 2.75) is 39.2 Å². The topological polar surface area (TPSA) is 66.8 Å². The molecule has 1 saturated heterocycles. The molecular formula is C13H23NO4S. The number of carbonyl (C=O) groups excluding carboxylic acids is 1. The second kappa shape index (κ2) is 7.03. The zero-order chi connectivity index (χ0) is 14.5. The number of thioether (sulfide) groups is 1. The molecule has 1 aliphatic rings. The largest absolute Gasteiger partial charge is 0.481 e. The van der Waals surface area contributed by atoms with Gasteiger partial charge in [-0.3, -0.25) is 4.79 Å². The standard InChI is InChI=1S/C13H23NO4S/c1-13(2,3)18-12(17)14-6-4-10(5-7-14)8-19-9-11(15)16/h10H,4-9H2,1-3H3,(H,15,16). The molecule has 1 N–H and O–H groups in total. The van der Waals surface area contributed by atoms with Crippen molar-refractivity contribution in [2.24, 2.45) is 5.92 Å². The Labute approximate surface area is 118 Å². The van der Waals surface area contributed by atoms with Gasteiger partial charge in [-0.15, -0.1) is 11.8 Å². The number of ether oxygens (including phenoxy) is 1. The summed E-state index contributed by atoms with van der Waals surface area (Å²) in [6.07, 6.45) is 1.60. The minimum Gasteiger partial charge on any atom is -0.481 e. The molecule has 1 fully saturated rings. The molecule has 19 heavy (non-hydrogen) atoms. The average Bonchev–Trinajstić information content (AvgIpc) is 2.27. The summed E-state index contributed by atoms with van der Waals surface area (Å²) in [5.41, 5.74) is -0.453. The number of carboxylic acids is 1. The molecule has 0 aromatic rings. The van der Waals surface area contributed by atoms with E-state index in [4.69, 9.17) is 9.84 Å². The van der Waals surface area contributed by atoms with Gasteiger partial charge in [-0.25, -0.2) is 4.79 Å². The number of likely N-dealkylation sites (tertiary alicyclic amines) is 1. The monoisotopic (exact) mass is 289 g/mol. The molecule has 0 saturated carbocycles. The van der Waals surface area contributed by atoms with Gasteiger partial charge in [0.25, 0.3) is 0 Å². The number of amides is 1. The number of carbonyl (C=O) groups is 2. The van der Waals surface area contributed by atoms with Gasteiger partial charge in [-0.2, -0.15) is 0 Å². The molecule has 1 amide bonds. The molecule has 0 aliphatic carbocycles. The number of hydrogen-bond donors (Lipinski definition) is 1. The van der Waals surface area contributed by atoms with Crippen molar-refractivity contribution in [2.75, 3.05) is 24.6 Å². The van der Waals surface area contributed by atoms with Crippen LogP contribution in [0.1, 0.15) is 33.6 Å². The van der Waals surface area contributed by atoms with E-state index in [1.165, 1.54) is 11.8 Å². The molecule has 1 aliphatic heterocycles. The first-order valence-electron chi connectivity index (χ1n) is 6.55. The SMILES string of the molecule is CC(C)(C)OC(=O)N1CCC(CSCC(=O)O)CC1. The lowest BCUT2D eigenvalue weighted by atomic mass is 9.99. The van der Waals surface area contributed by atoms with Crippen LogP contribution in [0.25, 0.3) is 0 Å². The van der Waals surface area contributed by atoms with Crippen molar-refractivity contribution in [3.05, 3.63) is 0 Å². The van der Waals surface area contributed by atoms with Crippen LogP contribution in [0, 0.1) is 5.92 Å². The van der Waals surface area contributed by atoms with E-state index in [1.807, 2.05) is 20.8 Å². The van der Waals surface area contributed by atoms with Gasteiger partial charge < -0.3 is 14.7 Å². The van der Waals surface area contributed by atoms with Gasteiger partial charge in [0.2, 0.25) is 0 Å². The first-order chi connectivity index (χ1) is 8.78. The number of aliphatic carboxylic acids is 1. The minimum atomic E-state index is -0.767. The van der Waals surface area contributed by atoms with E-state index in [-0.39, 0.29) is 11.8 Å². The highest BCUT2D eigenvalue weighted by molar-refractivity contribution is 7.99. The Balaban J connectivity index is 2.25. The van der Waals surface area contributed by atoms with Crippen LogP contribution >= 0.6 is 11.8 Å². The first-order valence-corrected chi connectivity index (χ1v) is 7.71. The summed E-state index contributed by atoms with van der Waals surface area (Å²) >= 11 is 1.45. The number of carboxylic acid groups (broad SMARTS) is 1. The van der Waals surface area contributed by atoms with Crippen LogP contribution in [-0.4, -0.2) is 52.3 Å². The van der Waals surface area contributed by atoms with Gasteiger partial charge in [0.15, 0.2) is 0 Å². The maximum Gasteiger partial charge on any atom is 0.410 e. The Morgan fingerprint density at radius 2 is 1.89 bits per heavy atom. The average molecular weight is 289 g/mol. The molecule has 1 rings (SSSR count). The molecule has 110 valence electrons. The third-order valence-electron chi connectivity index (χ3n) is 2.85. The summed E-state index contributed by atoms with van der Waals surface area (Å²) in [6.45, 7) is 6.99. The lowest BCUT2D eigenvalue weighted by Gasteiger charge is -2.33. The van der Waals surface area contributed by atoms with E-state index in [2.05, 4.69) is 0 Å². The molecule has 6 heteroatoms. The molecule has 0 aromatic heterocycles. The highest BCUT2D eigenvalue weighted by atomic mass is 32.2. The molecular weight excluding hydrogens is 266 g/mol. The highest BCUT2D eigenvalue weighted by Crippen LogP contribution is 2.22. The molecule has 0 aromatic carbocycles. The van der Waals surface area contributed by atoms with Crippen LogP contribution in [0.2, 0.25) is 0 Å². The van der Waals surface area contributed by atoms with E-state index < -0.39 is 11.6 Å². The number of hydrogen-bond acceptors (Lipinski definition) is 4. The third kappa shape index (κ3) is 6.71. The Morgan fingerprint density at radius 1 is 1.32 bits per heavy atom. The highest BCUT2D eigenvalue weighted by Gasteiger charge is 2.26. The van der Waals surface area contributed by atoms with E-state index in [0.717, 1.165) is 18.6 Å². The Hall–Kier alpha value is -0.910. The predicted octanol–water partition coefficient (Wildman–Crippen LogP) is 2.45. The van der Waals surface area contributed by atoms with Gasteiger partial charge in [0, 0.05) is 13.1 Å². The van der Waals surface area contributed by atoms with Crippen LogP contribution in [0.5, 0.6) is 0 Å². The van der Waals surface area contributed by atoms with Gasteiger partial charge in [-0.05, 0) is 45.3 Å². The summed E-state index contributed by atoms with van der Waals surface area (Å²) < 4.78 is 5.33. The molecule has 0 unspecified atom stereocenters. The summed E-state index contributed by atoms with van der Waals surface area (Å²) in [5.74, 6) is 0.750. The fourth-order valence-electron chi connectivity index (χ4n) is 1.92. The van der Waals surface area contributed by atoms with Crippen molar-refractivity contribution >= 4 is 23.8 Å². The first kappa shape index (κ1) is 16.1. The molecule has 0 radical (unpaired) electrons. The van der Waals surface area contributed by atoms with Gasteiger partial charge in [0.05, 0.1) is 5.75 Å². The number of rotatable bonds is 4. The molecule has 5 nitrogen and oxygen atoms in total. The fourth-order valence-corrected chi connectivity index (χ4v) is 2.88. The van der Waals surface area contributed by atoms with Gasteiger partial charge in [0.1, 0.15) is 5.60 Å². The smallest absolute Gasteiger partial charge is 0.410 e. The van der Waals surface area contributed by atoms with Crippen molar-refractivity contribution < 1.29 is 19.4 Å². The van der Waals surface area contributed by atoms with Crippen LogP contribution in [0.15, 0.2) is 0 Å². The lowest BCUT2D eigenvalue weighted by Crippen LogP contribution is -2.42. The number of piperidine rings is 1. The Morgan fingerprint density at radius 3 is 2.37 bits per heavy atom. The maximum atomic E-state index is 11.8. The van der Waals surface area contributed by atoms with Crippen LogP contribution in [0.4, 0.5) is 4.79 Å². The van der Waals surface area contributed by atoms with E-state index in [9.17, 15) is 9.59 Å². The molecule has 0 bridgehead atoms. The second-order valence-electron chi connectivity index (χ2n) is 5.82. The lowest BCUT2D eigenvalue weighted by molar-refractivity contribution is -0.133. The van der Waals surface area contributed by atoms with E-state index in [0.29, 0.717) is 19.0 Å².